The number of carbonyl (C=O) groups excluding carboxylic acids is 1. The number of carbonyl (C=O) groups is 1. The van der Waals surface area contributed by atoms with Gasteiger partial charge in [0, 0.05) is 13.1 Å². The Morgan fingerprint density at radius 1 is 1.40 bits per heavy atom. The van der Waals surface area contributed by atoms with Crippen molar-refractivity contribution in [2.45, 2.75) is 57.1 Å². The first-order valence-electron chi connectivity index (χ1n) is 7.86. The zero-order valence-corrected chi connectivity index (χ0v) is 12.5. The van der Waals surface area contributed by atoms with E-state index in [4.69, 9.17) is 15.6 Å². The summed E-state index contributed by atoms with van der Waals surface area (Å²) in [7, 11) is 0. The normalized spacial score (nSPS) is 32.4. The first-order valence-corrected chi connectivity index (χ1v) is 7.86. The van der Waals surface area contributed by atoms with E-state index in [1.807, 2.05) is 4.90 Å². The number of rotatable bonds is 4. The van der Waals surface area contributed by atoms with Gasteiger partial charge in [0.25, 0.3) is 0 Å². The Bertz CT molecular complexity index is 329. The molecule has 1 aliphatic heterocycles. The maximum absolute atomic E-state index is 12.7. The molecule has 0 radical (unpaired) electrons. The molecule has 2 fully saturated rings. The van der Waals surface area contributed by atoms with Gasteiger partial charge in [0.2, 0.25) is 5.91 Å². The Kier molecular flexibility index (Phi) is 5.41. The number of piperidine rings is 1. The number of likely N-dealkylation sites (tertiary alicyclic amines) is 1. The number of nitrogens with two attached hydrogens (primary N) is 1. The van der Waals surface area contributed by atoms with Crippen LogP contribution in [0.4, 0.5) is 0 Å². The number of nitrogens with zero attached hydrogens (tertiary/aromatic N) is 1. The van der Waals surface area contributed by atoms with Crippen LogP contribution < -0.4 is 5.73 Å². The highest BCUT2D eigenvalue weighted by Crippen LogP contribution is 2.32. The molecule has 116 valence electrons. The van der Waals surface area contributed by atoms with Crippen molar-refractivity contribution in [3.05, 3.63) is 0 Å². The van der Waals surface area contributed by atoms with Crippen molar-refractivity contribution >= 4 is 5.91 Å². The zero-order chi connectivity index (χ0) is 14.6. The van der Waals surface area contributed by atoms with Crippen LogP contribution in [0.25, 0.3) is 0 Å². The second kappa shape index (κ2) is 6.87. The van der Waals surface area contributed by atoms with Gasteiger partial charge in [-0.25, -0.2) is 0 Å². The molecular formula is C15H28N2O3. The maximum Gasteiger partial charge on any atom is 0.242 e. The number of ether oxygens (including phenoxy) is 1. The van der Waals surface area contributed by atoms with Crippen LogP contribution in [-0.4, -0.2) is 53.9 Å². The number of amides is 1. The van der Waals surface area contributed by atoms with Gasteiger partial charge in [0.05, 0.1) is 24.9 Å². The van der Waals surface area contributed by atoms with Crippen molar-refractivity contribution in [1.29, 1.82) is 0 Å². The molecular weight excluding hydrogens is 256 g/mol. The molecule has 0 bridgehead atoms. The van der Waals surface area contributed by atoms with Gasteiger partial charge >= 0.3 is 0 Å². The van der Waals surface area contributed by atoms with Crippen LogP contribution in [0, 0.1) is 5.92 Å². The smallest absolute Gasteiger partial charge is 0.242 e. The summed E-state index contributed by atoms with van der Waals surface area (Å²) in [5, 5.41) is 8.76. The van der Waals surface area contributed by atoms with E-state index < -0.39 is 5.54 Å². The minimum Gasteiger partial charge on any atom is -0.394 e. The van der Waals surface area contributed by atoms with Crippen molar-refractivity contribution < 1.29 is 14.6 Å². The van der Waals surface area contributed by atoms with Gasteiger partial charge in [0.15, 0.2) is 0 Å². The maximum atomic E-state index is 12.7. The molecule has 2 aliphatic rings. The molecule has 1 aliphatic carbocycles. The van der Waals surface area contributed by atoms with Crippen LogP contribution in [0.2, 0.25) is 0 Å². The average Bonchev–Trinajstić information content (AvgIpc) is 2.44. The molecule has 0 aromatic rings. The summed E-state index contributed by atoms with van der Waals surface area (Å²) in [6.45, 7) is 4.08. The molecule has 2 rings (SSSR count). The zero-order valence-electron chi connectivity index (χ0n) is 12.5. The van der Waals surface area contributed by atoms with Crippen molar-refractivity contribution in [3.63, 3.8) is 0 Å². The van der Waals surface area contributed by atoms with Crippen molar-refractivity contribution in [3.8, 4) is 0 Å². The summed E-state index contributed by atoms with van der Waals surface area (Å²) in [5.74, 6) is 0.674. The van der Waals surface area contributed by atoms with Crippen LogP contribution in [0.15, 0.2) is 0 Å². The molecule has 0 spiro atoms. The summed E-state index contributed by atoms with van der Waals surface area (Å²) in [4.78, 5) is 14.6. The SMILES string of the molecule is CC1CCCC(N)(C(=O)N2CCC(OCCO)CC2)C1. The fraction of sp³-hybridized carbons (Fsp3) is 0.933. The highest BCUT2D eigenvalue weighted by Gasteiger charge is 2.41. The lowest BCUT2D eigenvalue weighted by Gasteiger charge is -2.41. The van der Waals surface area contributed by atoms with E-state index in [0.717, 1.165) is 45.2 Å². The van der Waals surface area contributed by atoms with Crippen LogP contribution in [0.3, 0.4) is 0 Å². The van der Waals surface area contributed by atoms with Crippen LogP contribution >= 0.6 is 0 Å². The van der Waals surface area contributed by atoms with E-state index in [1.54, 1.807) is 0 Å². The molecule has 0 aromatic carbocycles. The van der Waals surface area contributed by atoms with Crippen molar-refractivity contribution in [2.24, 2.45) is 11.7 Å². The minimum atomic E-state index is -0.642. The lowest BCUT2D eigenvalue weighted by Crippen LogP contribution is -2.59. The first-order chi connectivity index (χ1) is 9.55. The quantitative estimate of drug-likeness (QED) is 0.804. The lowest BCUT2D eigenvalue weighted by atomic mass is 9.76. The predicted octanol–water partition coefficient (Wildman–Crippen LogP) is 0.894. The Labute approximate surface area is 121 Å². The van der Waals surface area contributed by atoms with Crippen LogP contribution in [0.1, 0.15) is 45.4 Å². The number of hydrogen-bond acceptors (Lipinski definition) is 4. The summed E-state index contributed by atoms with van der Waals surface area (Å²) in [6, 6.07) is 0. The third-order valence-electron chi connectivity index (χ3n) is 4.63. The minimum absolute atomic E-state index is 0.0585. The summed E-state index contributed by atoms with van der Waals surface area (Å²) in [5.41, 5.74) is 5.74. The number of aliphatic hydroxyl groups excluding tert-OH is 1. The Morgan fingerprint density at radius 3 is 2.70 bits per heavy atom. The molecule has 1 heterocycles. The van der Waals surface area contributed by atoms with Crippen LogP contribution in [0.5, 0.6) is 0 Å². The molecule has 0 aromatic heterocycles. The van der Waals surface area contributed by atoms with Gasteiger partial charge < -0.3 is 20.5 Å². The number of hydrogen-bond donors (Lipinski definition) is 2. The number of aliphatic hydroxyl groups is 1. The third kappa shape index (κ3) is 3.71. The van der Waals surface area contributed by atoms with Gasteiger partial charge in [-0.3, -0.25) is 4.79 Å². The molecule has 1 saturated heterocycles. The molecule has 1 saturated carbocycles. The van der Waals surface area contributed by atoms with E-state index in [2.05, 4.69) is 6.92 Å². The lowest BCUT2D eigenvalue weighted by molar-refractivity contribution is -0.141. The van der Waals surface area contributed by atoms with Gasteiger partial charge in [-0.1, -0.05) is 19.8 Å². The molecule has 5 nitrogen and oxygen atoms in total. The van der Waals surface area contributed by atoms with Gasteiger partial charge in [-0.15, -0.1) is 0 Å². The van der Waals surface area contributed by atoms with E-state index in [0.29, 0.717) is 12.5 Å². The monoisotopic (exact) mass is 284 g/mol. The fourth-order valence-corrected chi connectivity index (χ4v) is 3.55. The molecule has 3 N–H and O–H groups in total. The van der Waals surface area contributed by atoms with E-state index >= 15 is 0 Å². The Morgan fingerprint density at radius 2 is 2.10 bits per heavy atom. The fourth-order valence-electron chi connectivity index (χ4n) is 3.55. The van der Waals surface area contributed by atoms with E-state index in [9.17, 15) is 4.79 Å². The van der Waals surface area contributed by atoms with E-state index in [1.165, 1.54) is 6.42 Å². The largest absolute Gasteiger partial charge is 0.394 e. The molecule has 2 atom stereocenters. The molecule has 1 amide bonds. The van der Waals surface area contributed by atoms with Gasteiger partial charge in [-0.2, -0.15) is 0 Å². The first kappa shape index (κ1) is 15.7. The second-order valence-electron chi connectivity index (χ2n) is 6.44. The van der Waals surface area contributed by atoms with Crippen LogP contribution in [-0.2, 0) is 9.53 Å². The molecule has 5 heteroatoms. The highest BCUT2D eigenvalue weighted by atomic mass is 16.5. The molecule has 20 heavy (non-hydrogen) atoms. The Balaban J connectivity index is 1.85. The second-order valence-corrected chi connectivity index (χ2v) is 6.44. The van der Waals surface area contributed by atoms with Crippen molar-refractivity contribution in [1.82, 2.24) is 4.90 Å². The summed E-state index contributed by atoms with van der Waals surface area (Å²) >= 11 is 0. The summed E-state index contributed by atoms with van der Waals surface area (Å²) < 4.78 is 5.53. The van der Waals surface area contributed by atoms with Gasteiger partial charge in [0.1, 0.15) is 0 Å². The standard InChI is InChI=1S/C15H28N2O3/c1-12-3-2-6-15(16,11-12)14(19)17-7-4-13(5-8-17)20-10-9-18/h12-13,18H,2-11,16H2,1H3. The third-order valence-corrected chi connectivity index (χ3v) is 4.63. The van der Waals surface area contributed by atoms with Crippen molar-refractivity contribution in [2.75, 3.05) is 26.3 Å². The highest BCUT2D eigenvalue weighted by molar-refractivity contribution is 5.86. The molecule has 2 unspecified atom stereocenters. The topological polar surface area (TPSA) is 75.8 Å². The van der Waals surface area contributed by atoms with E-state index in [-0.39, 0.29) is 18.6 Å². The van der Waals surface area contributed by atoms with Gasteiger partial charge in [-0.05, 0) is 31.6 Å². The Hall–Kier alpha value is -0.650. The predicted molar refractivity (Wildman–Crippen MR) is 77.2 cm³/mol. The summed E-state index contributed by atoms with van der Waals surface area (Å²) in [6.07, 6.45) is 5.73. The average molecular weight is 284 g/mol.